The summed E-state index contributed by atoms with van der Waals surface area (Å²) in [6.07, 6.45) is 2.55. The first-order valence-electron chi connectivity index (χ1n) is 6.79. The summed E-state index contributed by atoms with van der Waals surface area (Å²) in [7, 11) is 0. The van der Waals surface area contributed by atoms with E-state index in [1.165, 1.54) is 23.8 Å². The average Bonchev–Trinajstić information content (AvgIpc) is 3.11. The van der Waals surface area contributed by atoms with Crippen LogP contribution >= 0.6 is 11.3 Å². The molecule has 0 aliphatic heterocycles. The Morgan fingerprint density at radius 3 is 2.63 bits per heavy atom. The SMILES string of the molecule is C[C@@H](NC(c1cccs1)C1CC1)c1ccccc1F. The molecule has 1 aromatic carbocycles. The number of nitrogens with one attached hydrogen (secondary N) is 1. The summed E-state index contributed by atoms with van der Waals surface area (Å²) in [4.78, 5) is 1.37. The summed E-state index contributed by atoms with van der Waals surface area (Å²) in [6.45, 7) is 2.04. The molecule has 1 fully saturated rings. The highest BCUT2D eigenvalue weighted by Crippen LogP contribution is 2.43. The van der Waals surface area contributed by atoms with E-state index in [1.54, 1.807) is 17.4 Å². The van der Waals surface area contributed by atoms with Crippen LogP contribution in [0.25, 0.3) is 0 Å². The molecule has 1 unspecified atom stereocenters. The lowest BCUT2D eigenvalue weighted by molar-refractivity contribution is 0.422. The van der Waals surface area contributed by atoms with Crippen molar-refractivity contribution in [3.05, 3.63) is 58.0 Å². The van der Waals surface area contributed by atoms with Crippen molar-refractivity contribution in [2.75, 3.05) is 0 Å². The van der Waals surface area contributed by atoms with Gasteiger partial charge in [-0.25, -0.2) is 4.39 Å². The van der Waals surface area contributed by atoms with Gasteiger partial charge in [0.1, 0.15) is 5.82 Å². The van der Waals surface area contributed by atoms with Crippen LogP contribution in [0.5, 0.6) is 0 Å². The molecule has 100 valence electrons. The quantitative estimate of drug-likeness (QED) is 0.834. The van der Waals surface area contributed by atoms with E-state index in [1.807, 2.05) is 19.1 Å². The third-order valence-electron chi connectivity index (χ3n) is 3.74. The number of benzene rings is 1. The van der Waals surface area contributed by atoms with Crippen LogP contribution in [0, 0.1) is 11.7 Å². The lowest BCUT2D eigenvalue weighted by Gasteiger charge is -2.23. The number of hydrogen-bond donors (Lipinski definition) is 1. The fourth-order valence-corrected chi connectivity index (χ4v) is 3.41. The van der Waals surface area contributed by atoms with Crippen LogP contribution in [-0.4, -0.2) is 0 Å². The summed E-state index contributed by atoms with van der Waals surface area (Å²) in [5, 5.41) is 5.72. The van der Waals surface area contributed by atoms with Crippen LogP contribution in [0.1, 0.15) is 42.3 Å². The second-order valence-corrected chi connectivity index (χ2v) is 6.22. The van der Waals surface area contributed by atoms with E-state index in [-0.39, 0.29) is 11.9 Å². The van der Waals surface area contributed by atoms with Gasteiger partial charge in [0, 0.05) is 22.5 Å². The van der Waals surface area contributed by atoms with Gasteiger partial charge in [-0.2, -0.15) is 0 Å². The molecule has 2 atom stereocenters. The molecule has 3 heteroatoms. The lowest BCUT2D eigenvalue weighted by atomic mass is 10.0. The highest BCUT2D eigenvalue weighted by atomic mass is 32.1. The third kappa shape index (κ3) is 2.88. The van der Waals surface area contributed by atoms with Crippen LogP contribution in [0.15, 0.2) is 41.8 Å². The maximum atomic E-state index is 13.8. The van der Waals surface area contributed by atoms with Gasteiger partial charge in [0.05, 0.1) is 0 Å². The van der Waals surface area contributed by atoms with Gasteiger partial charge in [-0.15, -0.1) is 11.3 Å². The Labute approximate surface area is 117 Å². The smallest absolute Gasteiger partial charge is 0.127 e. The lowest BCUT2D eigenvalue weighted by Crippen LogP contribution is -2.26. The molecule has 2 aromatic rings. The molecule has 1 aromatic heterocycles. The largest absolute Gasteiger partial charge is 0.302 e. The number of thiophene rings is 1. The normalized spacial score (nSPS) is 18.2. The maximum absolute atomic E-state index is 13.8. The molecule has 0 spiro atoms. The Morgan fingerprint density at radius 2 is 2.00 bits per heavy atom. The summed E-state index contributed by atoms with van der Waals surface area (Å²) >= 11 is 1.78. The van der Waals surface area contributed by atoms with Crippen LogP contribution in [0.3, 0.4) is 0 Å². The first-order chi connectivity index (χ1) is 9.25. The van der Waals surface area contributed by atoms with Gasteiger partial charge in [0.2, 0.25) is 0 Å². The fraction of sp³-hybridized carbons (Fsp3) is 0.375. The van der Waals surface area contributed by atoms with Crippen molar-refractivity contribution in [2.45, 2.75) is 31.8 Å². The average molecular weight is 275 g/mol. The highest BCUT2D eigenvalue weighted by molar-refractivity contribution is 7.10. The Balaban J connectivity index is 1.77. The van der Waals surface area contributed by atoms with Crippen molar-refractivity contribution < 1.29 is 4.39 Å². The van der Waals surface area contributed by atoms with Gasteiger partial charge in [0.25, 0.3) is 0 Å². The third-order valence-corrected chi connectivity index (χ3v) is 4.70. The van der Waals surface area contributed by atoms with Crippen LogP contribution < -0.4 is 5.32 Å². The zero-order chi connectivity index (χ0) is 13.2. The molecule has 19 heavy (non-hydrogen) atoms. The summed E-state index contributed by atoms with van der Waals surface area (Å²) in [6, 6.07) is 11.7. The van der Waals surface area contributed by atoms with Crippen LogP contribution in [0.4, 0.5) is 4.39 Å². The second kappa shape index (κ2) is 5.43. The fourth-order valence-electron chi connectivity index (χ4n) is 2.53. The molecule has 1 nitrogen and oxygen atoms in total. The van der Waals surface area contributed by atoms with Crippen molar-refractivity contribution in [2.24, 2.45) is 5.92 Å². The highest BCUT2D eigenvalue weighted by Gasteiger charge is 2.33. The molecule has 1 saturated carbocycles. The molecule has 0 bridgehead atoms. The van der Waals surface area contributed by atoms with Crippen LogP contribution in [-0.2, 0) is 0 Å². The van der Waals surface area contributed by atoms with E-state index >= 15 is 0 Å². The first kappa shape index (κ1) is 12.8. The van der Waals surface area contributed by atoms with E-state index in [0.717, 1.165) is 5.56 Å². The minimum absolute atomic E-state index is 0.0360. The van der Waals surface area contributed by atoms with Gasteiger partial charge in [0.15, 0.2) is 0 Å². The monoisotopic (exact) mass is 275 g/mol. The Kier molecular flexibility index (Phi) is 3.67. The zero-order valence-electron chi connectivity index (χ0n) is 11.0. The van der Waals surface area contributed by atoms with Gasteiger partial charge >= 0.3 is 0 Å². The van der Waals surface area contributed by atoms with Crippen molar-refractivity contribution in [1.29, 1.82) is 0 Å². The molecule has 0 amide bonds. The van der Waals surface area contributed by atoms with E-state index in [2.05, 4.69) is 22.8 Å². The molecule has 0 radical (unpaired) electrons. The molecular formula is C16H18FNS. The van der Waals surface area contributed by atoms with Crippen molar-refractivity contribution in [3.63, 3.8) is 0 Å². The van der Waals surface area contributed by atoms with Gasteiger partial charge in [-0.3, -0.25) is 0 Å². The van der Waals surface area contributed by atoms with Gasteiger partial charge in [-0.1, -0.05) is 24.3 Å². The number of halogens is 1. The van der Waals surface area contributed by atoms with Crippen molar-refractivity contribution in [3.8, 4) is 0 Å². The molecule has 1 aliphatic carbocycles. The molecule has 3 rings (SSSR count). The first-order valence-corrected chi connectivity index (χ1v) is 7.67. The number of rotatable bonds is 5. The van der Waals surface area contributed by atoms with E-state index in [4.69, 9.17) is 0 Å². The zero-order valence-corrected chi connectivity index (χ0v) is 11.8. The second-order valence-electron chi connectivity index (χ2n) is 5.24. The summed E-state index contributed by atoms with van der Waals surface area (Å²) < 4.78 is 13.8. The summed E-state index contributed by atoms with van der Waals surface area (Å²) in [5.74, 6) is 0.594. The minimum atomic E-state index is -0.122. The maximum Gasteiger partial charge on any atom is 0.127 e. The Morgan fingerprint density at radius 1 is 1.21 bits per heavy atom. The molecule has 0 saturated heterocycles. The Hall–Kier alpha value is -1.19. The van der Waals surface area contributed by atoms with Crippen LogP contribution in [0.2, 0.25) is 0 Å². The predicted molar refractivity (Wildman–Crippen MR) is 77.7 cm³/mol. The molecular weight excluding hydrogens is 257 g/mol. The van der Waals surface area contributed by atoms with Gasteiger partial charge < -0.3 is 5.32 Å². The van der Waals surface area contributed by atoms with E-state index in [0.29, 0.717) is 12.0 Å². The van der Waals surface area contributed by atoms with Crippen molar-refractivity contribution in [1.82, 2.24) is 5.32 Å². The molecule has 1 heterocycles. The van der Waals surface area contributed by atoms with Crippen molar-refractivity contribution >= 4 is 11.3 Å². The van der Waals surface area contributed by atoms with E-state index < -0.39 is 0 Å². The van der Waals surface area contributed by atoms with E-state index in [9.17, 15) is 4.39 Å². The minimum Gasteiger partial charge on any atom is -0.302 e. The summed E-state index contributed by atoms with van der Waals surface area (Å²) in [5.41, 5.74) is 0.754. The Bertz CT molecular complexity index is 533. The molecule has 1 aliphatic rings. The molecule has 1 N–H and O–H groups in total. The number of hydrogen-bond acceptors (Lipinski definition) is 2. The standard InChI is InChI=1S/C16H18FNS/c1-11(13-5-2-3-6-14(13)17)18-16(12-8-9-12)15-7-4-10-19-15/h2-7,10-12,16,18H,8-9H2,1H3/t11-,16?/m1/s1. The van der Waals surface area contributed by atoms with Gasteiger partial charge in [-0.05, 0) is 43.2 Å². The predicted octanol–water partition coefficient (Wildman–Crippen LogP) is 4.69. The topological polar surface area (TPSA) is 12.0 Å².